The number of amidine groups is 1. The van der Waals surface area contributed by atoms with Crippen molar-refractivity contribution in [3.8, 4) is 0 Å². The van der Waals surface area contributed by atoms with Gasteiger partial charge in [-0.3, -0.25) is 10.2 Å². The number of fused-ring (bicyclic) bond motifs is 2. The molecule has 0 aromatic carbocycles. The third-order valence-electron chi connectivity index (χ3n) is 10.9. The van der Waals surface area contributed by atoms with E-state index in [2.05, 4.69) is 92.0 Å². The minimum atomic E-state index is -2.19. The molecule has 1 spiro atoms. The summed E-state index contributed by atoms with van der Waals surface area (Å²) in [6, 6.07) is 0.0773. The second-order valence-electron chi connectivity index (χ2n) is 18.2. The van der Waals surface area contributed by atoms with E-state index >= 15 is 0 Å². The molecule has 50 heavy (non-hydrogen) atoms. The highest BCUT2D eigenvalue weighted by Crippen LogP contribution is 2.57. The molecule has 4 aliphatic rings. The lowest BCUT2D eigenvalue weighted by Gasteiger charge is -2.50. The molecule has 3 fully saturated rings. The summed E-state index contributed by atoms with van der Waals surface area (Å²) in [7, 11) is -0.0622. The van der Waals surface area contributed by atoms with Crippen LogP contribution in [0, 0.1) is 23.2 Å². The Morgan fingerprint density at radius 2 is 1.62 bits per heavy atom. The van der Waals surface area contributed by atoms with Gasteiger partial charge in [-0.25, -0.2) is 0 Å². The number of cyclic esters (lactones) is 1. The lowest BCUT2D eigenvalue weighted by molar-refractivity contribution is -0.326. The van der Waals surface area contributed by atoms with Gasteiger partial charge in [-0.2, -0.15) is 0 Å². The minimum absolute atomic E-state index is 0.0631. The molecule has 4 heterocycles. The van der Waals surface area contributed by atoms with E-state index in [1.54, 1.807) is 0 Å². The van der Waals surface area contributed by atoms with Crippen molar-refractivity contribution in [2.75, 3.05) is 14.1 Å². The van der Waals surface area contributed by atoms with Crippen molar-refractivity contribution in [3.63, 3.8) is 0 Å². The zero-order valence-corrected chi connectivity index (χ0v) is 35.7. The molecule has 13 atom stereocenters. The number of carbonyl (C=O) groups excluding carboxylic acids is 1. The topological polar surface area (TPSA) is 135 Å². The Kier molecular flexibility index (Phi) is 12.4. The molecule has 3 bridgehead atoms. The van der Waals surface area contributed by atoms with E-state index in [1.165, 1.54) is 0 Å². The summed E-state index contributed by atoms with van der Waals surface area (Å²) in [4.78, 5) is 16.4. The summed E-state index contributed by atoms with van der Waals surface area (Å²) in [5, 5.41) is 8.04. The molecule has 0 saturated carbocycles. The van der Waals surface area contributed by atoms with Crippen LogP contribution in [0.15, 0.2) is 11.6 Å². The van der Waals surface area contributed by atoms with Crippen molar-refractivity contribution in [3.05, 3.63) is 11.6 Å². The van der Waals surface area contributed by atoms with Gasteiger partial charge in [-0.1, -0.05) is 20.8 Å². The maximum atomic E-state index is 14.2. The second-order valence-corrected chi connectivity index (χ2v) is 27.1. The van der Waals surface area contributed by atoms with E-state index in [-0.39, 0.29) is 41.9 Å². The van der Waals surface area contributed by atoms with Gasteiger partial charge < -0.3 is 43.2 Å². The summed E-state index contributed by atoms with van der Waals surface area (Å²) < 4.78 is 48.8. The van der Waals surface area contributed by atoms with Gasteiger partial charge in [0, 0.05) is 24.3 Å². The molecule has 3 saturated heterocycles. The van der Waals surface area contributed by atoms with E-state index in [9.17, 15) is 4.79 Å². The zero-order valence-electron chi connectivity index (χ0n) is 33.7. The fraction of sp³-hybridized carbons (Fsp3) is 0.892. The molecule has 0 aromatic heterocycles. The van der Waals surface area contributed by atoms with Gasteiger partial charge in [0.1, 0.15) is 17.8 Å². The molecular formula is C37H69N3O8Si2. The summed E-state index contributed by atoms with van der Waals surface area (Å²) in [5.74, 6) is -2.35. The van der Waals surface area contributed by atoms with Gasteiger partial charge in [-0.15, -0.1) is 0 Å². The second kappa shape index (κ2) is 14.9. The van der Waals surface area contributed by atoms with Crippen molar-refractivity contribution in [1.29, 1.82) is 5.41 Å². The number of nitrogens with zero attached hydrogens (tertiary/aromatic N) is 1. The number of esters is 1. The number of rotatable bonds is 11. The number of hydrogen-bond donors (Lipinski definition) is 2. The van der Waals surface area contributed by atoms with Crippen LogP contribution >= 0.6 is 0 Å². The Balaban J connectivity index is 1.91. The van der Waals surface area contributed by atoms with Crippen LogP contribution < -0.4 is 5.73 Å². The number of hydrogen-bond acceptors (Lipinski definition) is 10. The highest BCUT2D eigenvalue weighted by molar-refractivity contribution is 6.70. The number of likely N-dealkylation sites (N-methyl/N-ethyl adjacent to an activating group) is 1. The Labute approximate surface area is 304 Å². The summed E-state index contributed by atoms with van der Waals surface area (Å²) in [6.45, 7) is 27.4. The maximum Gasteiger partial charge on any atom is 0.311 e. The molecule has 0 amide bonds. The van der Waals surface area contributed by atoms with Crippen LogP contribution in [0.25, 0.3) is 0 Å². The molecule has 4 rings (SSSR count). The molecule has 0 aromatic rings. The standard InChI is InChI=1S/C37H69N3O8Si2/c1-16-28-35(6)21-26(17-18-29(38)39)37(47-35)22(2)20-36(7,48-37)32(24(4)30(45-49(10,11)12)25(5)33(41)43-28)44-34-31(46-50(13,14)15)27(40(8)9)19-23(3)42-34/h21-25,27-28,30-32,34H,16-20H2,1-15H3,(H3,38,39)/t22?,23-,24+,25-,27+,28-,30+,31-,32-,34?,35?,36-,37?/m1/s1. The smallest absolute Gasteiger partial charge is 0.311 e. The molecule has 288 valence electrons. The largest absolute Gasteiger partial charge is 0.459 e. The molecule has 13 heteroatoms. The minimum Gasteiger partial charge on any atom is -0.459 e. The molecule has 0 aliphatic carbocycles. The zero-order chi connectivity index (χ0) is 37.8. The van der Waals surface area contributed by atoms with Gasteiger partial charge >= 0.3 is 5.97 Å². The van der Waals surface area contributed by atoms with Gasteiger partial charge in [-0.05, 0) is 118 Å². The van der Waals surface area contributed by atoms with Gasteiger partial charge in [0.2, 0.25) is 0 Å². The number of nitrogens with one attached hydrogen (secondary N) is 1. The first-order chi connectivity index (χ1) is 22.8. The SMILES string of the molecule is CC[C@H]1OC(=O)[C@H](C)[C@@H](O[Si](C)(C)C)[C@H](C)[C@@H](OC2O[C@H](C)C[C@H](N(C)C)[C@H]2O[Si](C)(C)C)[C@@]2(C)CC(C)C3(OC1(C)C=C3CCC(=N)N)O2. The highest BCUT2D eigenvalue weighted by atomic mass is 28.4. The summed E-state index contributed by atoms with van der Waals surface area (Å²) >= 11 is 0. The van der Waals surface area contributed by atoms with E-state index in [0.29, 0.717) is 25.7 Å². The first-order valence-electron chi connectivity index (χ1n) is 18.8. The van der Waals surface area contributed by atoms with Crippen molar-refractivity contribution < 1.29 is 37.3 Å². The molecule has 0 radical (unpaired) electrons. The first-order valence-corrected chi connectivity index (χ1v) is 25.6. The first kappa shape index (κ1) is 41.6. The number of nitrogens with two attached hydrogens (primary N) is 1. The van der Waals surface area contributed by atoms with Crippen molar-refractivity contribution in [1.82, 2.24) is 4.90 Å². The quantitative estimate of drug-likeness (QED) is 0.0803. The van der Waals surface area contributed by atoms with Crippen LogP contribution in [0.2, 0.25) is 39.3 Å². The number of carbonyl (C=O) groups is 1. The highest BCUT2D eigenvalue weighted by Gasteiger charge is 2.65. The summed E-state index contributed by atoms with van der Waals surface area (Å²) in [5.41, 5.74) is 4.98. The normalized spacial score (nSPS) is 42.9. The number of ether oxygens (including phenoxy) is 5. The van der Waals surface area contributed by atoms with Crippen molar-refractivity contribution in [2.24, 2.45) is 23.5 Å². The van der Waals surface area contributed by atoms with Crippen LogP contribution in [0.4, 0.5) is 0 Å². The van der Waals surface area contributed by atoms with Crippen LogP contribution in [0.1, 0.15) is 80.6 Å². The Morgan fingerprint density at radius 1 is 1.02 bits per heavy atom. The van der Waals surface area contributed by atoms with E-state index in [4.69, 9.17) is 43.7 Å². The Morgan fingerprint density at radius 3 is 2.16 bits per heavy atom. The molecule has 4 aliphatic heterocycles. The van der Waals surface area contributed by atoms with Crippen LogP contribution in [0.3, 0.4) is 0 Å². The van der Waals surface area contributed by atoms with Crippen molar-refractivity contribution >= 4 is 28.4 Å². The predicted molar refractivity (Wildman–Crippen MR) is 201 cm³/mol. The fourth-order valence-electron chi connectivity index (χ4n) is 8.83. The van der Waals surface area contributed by atoms with Gasteiger partial charge in [0.05, 0.1) is 35.7 Å². The van der Waals surface area contributed by atoms with E-state index in [0.717, 1.165) is 12.0 Å². The van der Waals surface area contributed by atoms with Crippen molar-refractivity contribution in [2.45, 2.75) is 180 Å². The van der Waals surface area contributed by atoms with Gasteiger partial charge in [0.25, 0.3) is 0 Å². The third-order valence-corrected chi connectivity index (χ3v) is 12.9. The Hall–Kier alpha value is -1.17. The maximum absolute atomic E-state index is 14.2. The third kappa shape index (κ3) is 8.78. The van der Waals surface area contributed by atoms with Crippen LogP contribution in [0.5, 0.6) is 0 Å². The molecule has 3 N–H and O–H groups in total. The molecular weight excluding hydrogens is 671 g/mol. The van der Waals surface area contributed by atoms with E-state index in [1.807, 2.05) is 20.8 Å². The average molecular weight is 740 g/mol. The average Bonchev–Trinajstić information content (AvgIpc) is 3.41. The fourth-order valence-corrected chi connectivity index (χ4v) is 11.1. The van der Waals surface area contributed by atoms with Gasteiger partial charge in [0.15, 0.2) is 28.7 Å². The predicted octanol–water partition coefficient (Wildman–Crippen LogP) is 6.43. The molecule has 11 nitrogen and oxygen atoms in total. The Bertz CT molecular complexity index is 1270. The lowest BCUT2D eigenvalue weighted by Crippen LogP contribution is -2.62. The monoisotopic (exact) mass is 739 g/mol. The lowest BCUT2D eigenvalue weighted by atomic mass is 9.78. The van der Waals surface area contributed by atoms with Crippen LogP contribution in [-0.2, 0) is 37.3 Å². The summed E-state index contributed by atoms with van der Waals surface area (Å²) in [6.07, 6.45) is 2.18. The van der Waals surface area contributed by atoms with Crippen LogP contribution in [-0.4, -0.2) is 107 Å². The van der Waals surface area contributed by atoms with E-state index < -0.39 is 64.1 Å². The molecule has 4 unspecified atom stereocenters.